The second-order valence-electron chi connectivity index (χ2n) is 8.13. The van der Waals surface area contributed by atoms with Crippen molar-refractivity contribution < 1.29 is 14.3 Å². The summed E-state index contributed by atoms with van der Waals surface area (Å²) in [6.45, 7) is -0.236. The fraction of sp³-hybridized carbons (Fsp3) is 0.550. The maximum atomic E-state index is 12.3. The minimum absolute atomic E-state index is 0.118. The molecule has 0 radical (unpaired) electrons. The maximum absolute atomic E-state index is 12.3. The molecule has 0 aliphatic heterocycles. The van der Waals surface area contributed by atoms with E-state index in [9.17, 15) is 9.59 Å². The molecular formula is C20H23N3O3. The molecule has 6 heteroatoms. The third kappa shape index (κ3) is 3.52. The molecule has 5 rings (SSSR count). The van der Waals surface area contributed by atoms with Crippen LogP contribution in [-0.2, 0) is 4.79 Å². The van der Waals surface area contributed by atoms with Crippen LogP contribution in [0.3, 0.4) is 0 Å². The largest absolute Gasteiger partial charge is 0.484 e. The van der Waals surface area contributed by atoms with Gasteiger partial charge in [-0.25, -0.2) is 4.79 Å². The number of amides is 3. The van der Waals surface area contributed by atoms with Crippen molar-refractivity contribution in [2.45, 2.75) is 44.1 Å². The quantitative estimate of drug-likeness (QED) is 0.871. The predicted octanol–water partition coefficient (Wildman–Crippen LogP) is 2.73. The number of nitriles is 1. The number of urea groups is 1. The molecule has 26 heavy (non-hydrogen) atoms. The van der Waals surface area contributed by atoms with Gasteiger partial charge < -0.3 is 10.1 Å². The molecule has 0 unspecified atom stereocenters. The lowest BCUT2D eigenvalue weighted by molar-refractivity contribution is -0.122. The topological polar surface area (TPSA) is 91.2 Å². The van der Waals surface area contributed by atoms with Crippen molar-refractivity contribution in [2.75, 3.05) is 6.61 Å². The second-order valence-corrected chi connectivity index (χ2v) is 8.13. The summed E-state index contributed by atoms with van der Waals surface area (Å²) >= 11 is 0. The van der Waals surface area contributed by atoms with Gasteiger partial charge in [0, 0.05) is 5.54 Å². The highest BCUT2D eigenvalue weighted by Crippen LogP contribution is 2.55. The number of nitrogens with one attached hydrogen (secondary N) is 2. The molecule has 4 aliphatic carbocycles. The average molecular weight is 353 g/mol. The van der Waals surface area contributed by atoms with Crippen LogP contribution in [-0.4, -0.2) is 24.1 Å². The van der Waals surface area contributed by atoms with Crippen molar-refractivity contribution in [2.24, 2.45) is 17.8 Å². The molecule has 0 aromatic heterocycles. The molecule has 3 amide bonds. The van der Waals surface area contributed by atoms with Crippen LogP contribution < -0.4 is 15.4 Å². The highest BCUT2D eigenvalue weighted by molar-refractivity contribution is 5.95. The van der Waals surface area contributed by atoms with E-state index in [4.69, 9.17) is 10.00 Å². The van der Waals surface area contributed by atoms with Gasteiger partial charge in [-0.3, -0.25) is 10.1 Å². The van der Waals surface area contributed by atoms with Crippen molar-refractivity contribution >= 4 is 11.9 Å². The summed E-state index contributed by atoms with van der Waals surface area (Å²) < 4.78 is 5.36. The Bertz CT molecular complexity index is 715. The number of carbonyl (C=O) groups excluding carboxylic acids is 2. The van der Waals surface area contributed by atoms with E-state index in [2.05, 4.69) is 10.6 Å². The molecule has 6 nitrogen and oxygen atoms in total. The molecular weight excluding hydrogens is 330 g/mol. The summed E-state index contributed by atoms with van der Waals surface area (Å²) in [6.07, 6.45) is 7.05. The lowest BCUT2D eigenvalue weighted by Gasteiger charge is -2.56. The standard InChI is InChI=1S/C20H23N3O3/c21-11-13-1-3-17(4-2-13)26-12-18(24)22-19(25)23-20-8-14-5-15(9-20)7-16(6-14)10-20/h1-4,14-16H,5-10,12H2,(H2,22,23,24,25). The van der Waals surface area contributed by atoms with Gasteiger partial charge in [-0.2, -0.15) is 5.26 Å². The zero-order chi connectivity index (χ0) is 18.1. The summed E-state index contributed by atoms with van der Waals surface area (Å²) in [6, 6.07) is 8.09. The maximum Gasteiger partial charge on any atom is 0.321 e. The Balaban J connectivity index is 1.27. The molecule has 0 heterocycles. The molecule has 0 spiro atoms. The van der Waals surface area contributed by atoms with E-state index < -0.39 is 11.9 Å². The van der Waals surface area contributed by atoms with Gasteiger partial charge in [0.1, 0.15) is 5.75 Å². The Morgan fingerprint density at radius 3 is 2.19 bits per heavy atom. The molecule has 2 N–H and O–H groups in total. The highest BCUT2D eigenvalue weighted by atomic mass is 16.5. The molecule has 0 saturated heterocycles. The molecule has 4 fully saturated rings. The molecule has 4 aliphatic rings. The van der Waals surface area contributed by atoms with Crippen LogP contribution in [0.25, 0.3) is 0 Å². The third-order valence-corrected chi connectivity index (χ3v) is 6.02. The van der Waals surface area contributed by atoms with Gasteiger partial charge >= 0.3 is 6.03 Å². The monoisotopic (exact) mass is 353 g/mol. The Hall–Kier alpha value is -2.55. The smallest absolute Gasteiger partial charge is 0.321 e. The highest BCUT2D eigenvalue weighted by Gasteiger charge is 2.51. The summed E-state index contributed by atoms with van der Waals surface area (Å²) in [5.74, 6) is 2.21. The summed E-state index contributed by atoms with van der Waals surface area (Å²) in [7, 11) is 0. The minimum atomic E-state index is -0.475. The number of imide groups is 1. The van der Waals surface area contributed by atoms with Gasteiger partial charge in [-0.05, 0) is 80.5 Å². The Morgan fingerprint density at radius 2 is 1.65 bits per heavy atom. The Kier molecular flexibility index (Phi) is 4.31. The van der Waals surface area contributed by atoms with E-state index in [1.54, 1.807) is 24.3 Å². The second kappa shape index (κ2) is 6.64. The minimum Gasteiger partial charge on any atom is -0.484 e. The molecule has 1 aromatic rings. The van der Waals surface area contributed by atoms with Gasteiger partial charge in [0.2, 0.25) is 0 Å². The average Bonchev–Trinajstić information content (AvgIpc) is 2.58. The fourth-order valence-electron chi connectivity index (χ4n) is 5.47. The number of ether oxygens (including phenoxy) is 1. The first kappa shape index (κ1) is 16.9. The van der Waals surface area contributed by atoms with E-state index in [0.29, 0.717) is 11.3 Å². The van der Waals surface area contributed by atoms with Gasteiger partial charge in [0.15, 0.2) is 6.61 Å². The van der Waals surface area contributed by atoms with E-state index in [-0.39, 0.29) is 12.1 Å². The summed E-state index contributed by atoms with van der Waals surface area (Å²) in [5, 5.41) is 14.2. The summed E-state index contributed by atoms with van der Waals surface area (Å²) in [5.41, 5.74) is 0.407. The summed E-state index contributed by atoms with van der Waals surface area (Å²) in [4.78, 5) is 24.3. The van der Waals surface area contributed by atoms with Crippen molar-refractivity contribution in [3.63, 3.8) is 0 Å². The third-order valence-electron chi connectivity index (χ3n) is 6.02. The van der Waals surface area contributed by atoms with Gasteiger partial charge in [0.05, 0.1) is 11.6 Å². The van der Waals surface area contributed by atoms with E-state index in [1.165, 1.54) is 19.3 Å². The van der Waals surface area contributed by atoms with Crippen LogP contribution >= 0.6 is 0 Å². The van der Waals surface area contributed by atoms with Crippen LogP contribution in [0.2, 0.25) is 0 Å². The number of hydrogen-bond donors (Lipinski definition) is 2. The van der Waals surface area contributed by atoms with Gasteiger partial charge in [-0.15, -0.1) is 0 Å². The van der Waals surface area contributed by atoms with Crippen LogP contribution in [0.15, 0.2) is 24.3 Å². The first-order valence-electron chi connectivity index (χ1n) is 9.28. The number of nitrogens with zero attached hydrogens (tertiary/aromatic N) is 1. The first-order valence-corrected chi connectivity index (χ1v) is 9.28. The number of carbonyl (C=O) groups is 2. The first-order chi connectivity index (χ1) is 12.5. The zero-order valence-electron chi connectivity index (χ0n) is 14.7. The number of hydrogen-bond acceptors (Lipinski definition) is 4. The fourth-order valence-corrected chi connectivity index (χ4v) is 5.47. The van der Waals surface area contributed by atoms with Crippen LogP contribution in [0, 0.1) is 29.1 Å². The van der Waals surface area contributed by atoms with Gasteiger partial charge in [0.25, 0.3) is 5.91 Å². The van der Waals surface area contributed by atoms with E-state index in [1.807, 2.05) is 6.07 Å². The van der Waals surface area contributed by atoms with Crippen molar-refractivity contribution in [3.8, 4) is 11.8 Å². The van der Waals surface area contributed by atoms with Crippen molar-refractivity contribution in [3.05, 3.63) is 29.8 Å². The number of rotatable bonds is 4. The van der Waals surface area contributed by atoms with Crippen molar-refractivity contribution in [1.29, 1.82) is 5.26 Å². The molecule has 1 aromatic carbocycles. The molecule has 4 bridgehead atoms. The van der Waals surface area contributed by atoms with E-state index in [0.717, 1.165) is 37.0 Å². The Labute approximate surface area is 152 Å². The predicted molar refractivity (Wildman–Crippen MR) is 94.2 cm³/mol. The number of benzene rings is 1. The van der Waals surface area contributed by atoms with Crippen LogP contribution in [0.1, 0.15) is 44.1 Å². The molecule has 136 valence electrons. The van der Waals surface area contributed by atoms with Crippen molar-refractivity contribution in [1.82, 2.24) is 10.6 Å². The molecule has 0 atom stereocenters. The molecule has 4 saturated carbocycles. The lowest BCUT2D eigenvalue weighted by atomic mass is 9.53. The van der Waals surface area contributed by atoms with Crippen LogP contribution in [0.4, 0.5) is 4.79 Å². The van der Waals surface area contributed by atoms with Gasteiger partial charge in [-0.1, -0.05) is 0 Å². The lowest BCUT2D eigenvalue weighted by Crippen LogP contribution is -2.62. The Morgan fingerprint density at radius 1 is 1.08 bits per heavy atom. The normalized spacial score (nSPS) is 31.1. The SMILES string of the molecule is N#Cc1ccc(OCC(=O)NC(=O)NC23CC4CC(CC(C4)C2)C3)cc1. The van der Waals surface area contributed by atoms with E-state index >= 15 is 0 Å². The van der Waals surface area contributed by atoms with Crippen LogP contribution in [0.5, 0.6) is 5.75 Å². The zero-order valence-corrected chi connectivity index (χ0v) is 14.7.